The summed E-state index contributed by atoms with van der Waals surface area (Å²) in [6.07, 6.45) is 8.41. The van der Waals surface area contributed by atoms with Gasteiger partial charge in [-0.15, -0.1) is 0 Å². The third kappa shape index (κ3) is 7.65. The molecule has 4 rings (SSSR count). The number of hydrogen-bond donors (Lipinski definition) is 2. The van der Waals surface area contributed by atoms with Gasteiger partial charge in [0.1, 0.15) is 5.78 Å². The zero-order chi connectivity index (χ0) is 32.3. The predicted octanol–water partition coefficient (Wildman–Crippen LogP) is 9.76. The summed E-state index contributed by atoms with van der Waals surface area (Å²) in [6, 6.07) is 0. The number of halogens is 5. The van der Waals surface area contributed by atoms with E-state index in [0.29, 0.717) is 54.6 Å². The Morgan fingerprint density at radius 2 is 1.52 bits per heavy atom. The number of aliphatic hydroxyl groups excluding tert-OH is 1. The van der Waals surface area contributed by atoms with Crippen LogP contribution < -0.4 is 0 Å². The third-order valence-corrected chi connectivity index (χ3v) is 12.9. The lowest BCUT2D eigenvalue weighted by molar-refractivity contribution is -0.284. The number of carbonyl (C=O) groups is 2. The fraction of sp³-hybridized carbons (Fsp3) is 0.943. The zero-order valence-corrected chi connectivity index (χ0v) is 26.8. The van der Waals surface area contributed by atoms with Gasteiger partial charge in [0.05, 0.1) is 12.0 Å². The first-order chi connectivity index (χ1) is 20.6. The van der Waals surface area contributed by atoms with Crippen molar-refractivity contribution in [2.24, 2.45) is 46.3 Å². The molecule has 0 amide bonds. The van der Waals surface area contributed by atoms with E-state index < -0.39 is 36.8 Å². The topological polar surface area (TPSA) is 74.6 Å². The lowest BCUT2D eigenvalue weighted by Crippen LogP contribution is -2.57. The second-order valence-corrected chi connectivity index (χ2v) is 15.6. The molecule has 0 radical (unpaired) electrons. The van der Waals surface area contributed by atoms with Gasteiger partial charge in [0.2, 0.25) is 0 Å². The number of unbranched alkanes of at least 4 members (excludes halogenated alkanes) is 6. The number of aliphatic hydroxyl groups is 1. The number of Topliss-reactive ketones (excluding diaryl/α,β-unsaturated/α-hetero) is 1. The highest BCUT2D eigenvalue weighted by molar-refractivity contribution is 5.79. The largest absolute Gasteiger partial charge is 0.481 e. The Bertz CT molecular complexity index is 985. The van der Waals surface area contributed by atoms with E-state index in [1.165, 1.54) is 12.8 Å². The Kier molecular flexibility index (Phi) is 11.5. The van der Waals surface area contributed by atoms with Crippen LogP contribution in [0.25, 0.3) is 0 Å². The Morgan fingerprint density at radius 1 is 0.886 bits per heavy atom. The smallest absolute Gasteiger partial charge is 0.453 e. The lowest BCUT2D eigenvalue weighted by atomic mass is 9.42. The second kappa shape index (κ2) is 14.3. The van der Waals surface area contributed by atoms with Gasteiger partial charge in [-0.05, 0) is 98.2 Å². The molecule has 44 heavy (non-hydrogen) atoms. The summed E-state index contributed by atoms with van der Waals surface area (Å²) in [6.45, 7) is 4.82. The van der Waals surface area contributed by atoms with Crippen LogP contribution in [-0.2, 0) is 9.59 Å². The summed E-state index contributed by atoms with van der Waals surface area (Å²) < 4.78 is 63.3. The Balaban J connectivity index is 1.19. The molecule has 4 aliphatic carbocycles. The minimum absolute atomic E-state index is 0.00648. The third-order valence-electron chi connectivity index (χ3n) is 12.9. The molecule has 0 aliphatic heterocycles. The molecule has 4 nitrogen and oxygen atoms in total. The Morgan fingerprint density at radius 3 is 2.18 bits per heavy atom. The van der Waals surface area contributed by atoms with Crippen LogP contribution in [0.3, 0.4) is 0 Å². The molecular formula is C35H55F5O4. The van der Waals surface area contributed by atoms with Crippen molar-refractivity contribution in [2.75, 3.05) is 0 Å². The summed E-state index contributed by atoms with van der Waals surface area (Å²) in [5.41, 5.74) is 0.232. The van der Waals surface area contributed by atoms with Gasteiger partial charge in [-0.2, -0.15) is 22.0 Å². The second-order valence-electron chi connectivity index (χ2n) is 15.6. The van der Waals surface area contributed by atoms with Gasteiger partial charge in [0.15, 0.2) is 0 Å². The molecule has 0 saturated heterocycles. The molecule has 4 fully saturated rings. The number of ketones is 1. The maximum Gasteiger partial charge on any atom is 0.453 e. The molecule has 1 unspecified atom stereocenters. The summed E-state index contributed by atoms with van der Waals surface area (Å²) in [7, 11) is 0. The Hall–Kier alpha value is -1.25. The summed E-state index contributed by atoms with van der Waals surface area (Å²) >= 11 is 0. The number of rotatable bonds is 15. The SMILES string of the molecule is C[C@]12CCC(=O)C[C@@H]1CC[C@@H]1[C@@H]2[C@@H](CCCCCCCCCC(CCCC(F)(F)C(F)(F)F)C(=O)O)C[C@]2(C)[C@@H](O)CC[C@@H]12. The molecule has 9 atom stereocenters. The quantitative estimate of drug-likeness (QED) is 0.139. The first kappa shape index (κ1) is 35.6. The minimum atomic E-state index is -5.60. The van der Waals surface area contributed by atoms with Crippen LogP contribution in [-0.4, -0.2) is 40.2 Å². The molecule has 0 aromatic heterocycles. The van der Waals surface area contributed by atoms with Gasteiger partial charge in [-0.1, -0.05) is 65.2 Å². The average Bonchev–Trinajstić information content (AvgIpc) is 3.24. The van der Waals surface area contributed by atoms with E-state index in [9.17, 15) is 41.8 Å². The monoisotopic (exact) mass is 634 g/mol. The molecule has 9 heteroatoms. The van der Waals surface area contributed by atoms with Crippen LogP contribution in [0.5, 0.6) is 0 Å². The van der Waals surface area contributed by atoms with Gasteiger partial charge >= 0.3 is 18.1 Å². The van der Waals surface area contributed by atoms with Crippen LogP contribution >= 0.6 is 0 Å². The number of alkyl halides is 5. The first-order valence-corrected chi connectivity index (χ1v) is 17.5. The van der Waals surface area contributed by atoms with Crippen molar-refractivity contribution in [1.82, 2.24) is 0 Å². The standard InChI is InChI=1S/C35H55F5O4/c1-32-20-18-26(41)21-25(32)14-15-27-28-16-17-29(42)33(28,2)22-24(30(27)32)12-9-7-5-3-4-6-8-11-23(31(43)44)13-10-19-34(36,37)35(38,39)40/h23-25,27-30,42H,3-22H2,1-2H3,(H,43,44)/t23?,24-,25-,27-,28-,29-,30-,32-,33-/m0/s1. The normalized spacial score (nSPS) is 36.4. The van der Waals surface area contributed by atoms with E-state index in [1.54, 1.807) is 0 Å². The molecule has 0 spiro atoms. The highest BCUT2D eigenvalue weighted by Crippen LogP contribution is 2.68. The van der Waals surface area contributed by atoms with Crippen molar-refractivity contribution in [3.63, 3.8) is 0 Å². The fourth-order valence-corrected chi connectivity index (χ4v) is 10.5. The van der Waals surface area contributed by atoms with Crippen LogP contribution in [0.1, 0.15) is 142 Å². The van der Waals surface area contributed by atoms with Gasteiger partial charge in [-0.3, -0.25) is 9.59 Å². The maximum absolute atomic E-state index is 13.1. The zero-order valence-electron chi connectivity index (χ0n) is 26.8. The summed E-state index contributed by atoms with van der Waals surface area (Å²) in [5.74, 6) is -3.39. The van der Waals surface area contributed by atoms with E-state index in [4.69, 9.17) is 0 Å². The average molecular weight is 635 g/mol. The van der Waals surface area contributed by atoms with Crippen LogP contribution in [0.2, 0.25) is 0 Å². The van der Waals surface area contributed by atoms with Crippen LogP contribution in [0, 0.1) is 46.3 Å². The highest BCUT2D eigenvalue weighted by atomic mass is 19.4. The molecule has 0 aromatic rings. The van der Waals surface area contributed by atoms with Crippen molar-refractivity contribution in [2.45, 2.75) is 160 Å². The van der Waals surface area contributed by atoms with Gasteiger partial charge in [0.25, 0.3) is 0 Å². The number of hydrogen-bond acceptors (Lipinski definition) is 3. The summed E-state index contributed by atoms with van der Waals surface area (Å²) in [5, 5.41) is 20.4. The minimum Gasteiger partial charge on any atom is -0.481 e. The van der Waals surface area contributed by atoms with Gasteiger partial charge in [0, 0.05) is 19.3 Å². The highest BCUT2D eigenvalue weighted by Gasteiger charge is 2.62. The van der Waals surface area contributed by atoms with Gasteiger partial charge < -0.3 is 10.2 Å². The molecule has 4 aliphatic rings. The molecule has 254 valence electrons. The number of fused-ring (bicyclic) bond motifs is 5. The molecule has 0 bridgehead atoms. The molecule has 2 N–H and O–H groups in total. The van der Waals surface area contributed by atoms with Crippen molar-refractivity contribution >= 4 is 11.8 Å². The number of carboxylic acid groups (broad SMARTS) is 1. The predicted molar refractivity (Wildman–Crippen MR) is 159 cm³/mol. The van der Waals surface area contributed by atoms with Crippen LogP contribution in [0.15, 0.2) is 0 Å². The number of aliphatic carboxylic acids is 1. The van der Waals surface area contributed by atoms with E-state index in [0.717, 1.165) is 77.0 Å². The molecular weight excluding hydrogens is 579 g/mol. The van der Waals surface area contributed by atoms with E-state index in [-0.39, 0.29) is 23.4 Å². The van der Waals surface area contributed by atoms with E-state index >= 15 is 0 Å². The Labute approximate surface area is 260 Å². The fourth-order valence-electron chi connectivity index (χ4n) is 10.5. The van der Waals surface area contributed by atoms with Crippen LogP contribution in [0.4, 0.5) is 22.0 Å². The van der Waals surface area contributed by atoms with Crippen molar-refractivity contribution in [1.29, 1.82) is 0 Å². The van der Waals surface area contributed by atoms with E-state index in [1.807, 2.05) is 0 Å². The molecule has 0 heterocycles. The lowest BCUT2D eigenvalue weighted by Gasteiger charge is -2.62. The van der Waals surface area contributed by atoms with Gasteiger partial charge in [-0.25, -0.2) is 0 Å². The number of carbonyl (C=O) groups excluding carboxylic acids is 1. The van der Waals surface area contributed by atoms with Crippen molar-refractivity contribution in [3.05, 3.63) is 0 Å². The molecule has 4 saturated carbocycles. The van der Waals surface area contributed by atoms with E-state index in [2.05, 4.69) is 13.8 Å². The number of carboxylic acids is 1. The molecule has 0 aromatic carbocycles. The van der Waals surface area contributed by atoms with Crippen molar-refractivity contribution in [3.8, 4) is 0 Å². The maximum atomic E-state index is 13.1. The first-order valence-electron chi connectivity index (χ1n) is 17.5. The summed E-state index contributed by atoms with van der Waals surface area (Å²) in [4.78, 5) is 23.8. The van der Waals surface area contributed by atoms with Crippen molar-refractivity contribution < 1.29 is 41.8 Å².